The summed E-state index contributed by atoms with van der Waals surface area (Å²) in [6, 6.07) is 19.2. The number of hydrogen-bond acceptors (Lipinski definition) is 3. The summed E-state index contributed by atoms with van der Waals surface area (Å²) in [6.07, 6.45) is 5.53. The molecule has 3 aromatic rings. The van der Waals surface area contributed by atoms with Crippen LogP contribution in [0.3, 0.4) is 0 Å². The van der Waals surface area contributed by atoms with E-state index in [0.29, 0.717) is 10.8 Å². The molecule has 0 aliphatic carbocycles. The molecule has 1 fully saturated rings. The van der Waals surface area contributed by atoms with E-state index in [1.165, 1.54) is 18.9 Å². The maximum atomic E-state index is 12.5. The molecule has 0 unspecified atom stereocenters. The van der Waals surface area contributed by atoms with E-state index in [2.05, 4.69) is 23.2 Å². The van der Waals surface area contributed by atoms with E-state index in [1.54, 1.807) is 6.08 Å². The molecule has 1 amide bonds. The Kier molecular flexibility index (Phi) is 6.24. The standard InChI is InChI=1S/C25H25ClN2O2/c1-18-14-16-28(17-15-18)23-5-3-2-4-22(23)27-25(29)13-11-21-10-12-24(30-21)19-6-8-20(26)9-7-19/h2-13,18H,14-17H2,1H3,(H,27,29). The zero-order chi connectivity index (χ0) is 20.9. The Bertz CT molecular complexity index is 1030. The third kappa shape index (κ3) is 4.95. The monoisotopic (exact) mass is 420 g/mol. The SMILES string of the molecule is CC1CCN(c2ccccc2NC(=O)C=Cc2ccc(-c3ccc(Cl)cc3)o2)CC1. The van der Waals surface area contributed by atoms with Crippen molar-refractivity contribution in [2.45, 2.75) is 19.8 Å². The molecular weight excluding hydrogens is 396 g/mol. The van der Waals surface area contributed by atoms with E-state index in [9.17, 15) is 4.79 Å². The van der Waals surface area contributed by atoms with E-state index in [4.69, 9.17) is 16.0 Å². The van der Waals surface area contributed by atoms with E-state index in [0.717, 1.165) is 41.7 Å². The number of rotatable bonds is 5. The second kappa shape index (κ2) is 9.23. The molecule has 4 rings (SSSR count). The van der Waals surface area contributed by atoms with Gasteiger partial charge in [0.05, 0.1) is 11.4 Å². The van der Waals surface area contributed by atoms with Crippen molar-refractivity contribution in [3.05, 3.63) is 77.5 Å². The number of piperidine rings is 1. The molecule has 0 spiro atoms. The van der Waals surface area contributed by atoms with Crippen LogP contribution in [-0.2, 0) is 4.79 Å². The Hall–Kier alpha value is -2.98. The first-order valence-electron chi connectivity index (χ1n) is 10.3. The Morgan fingerprint density at radius 3 is 2.57 bits per heavy atom. The summed E-state index contributed by atoms with van der Waals surface area (Å²) in [6.45, 7) is 4.33. The number of para-hydroxylation sites is 2. The molecule has 5 heteroatoms. The first-order valence-corrected chi connectivity index (χ1v) is 10.6. The highest BCUT2D eigenvalue weighted by atomic mass is 35.5. The first kappa shape index (κ1) is 20.3. The number of hydrogen-bond donors (Lipinski definition) is 1. The Morgan fingerprint density at radius 1 is 1.07 bits per heavy atom. The van der Waals surface area contributed by atoms with Crippen LogP contribution in [0.25, 0.3) is 17.4 Å². The van der Waals surface area contributed by atoms with Gasteiger partial charge in [0.25, 0.3) is 0 Å². The van der Waals surface area contributed by atoms with Gasteiger partial charge < -0.3 is 14.6 Å². The quantitative estimate of drug-likeness (QED) is 0.480. The van der Waals surface area contributed by atoms with Crippen LogP contribution in [0.1, 0.15) is 25.5 Å². The van der Waals surface area contributed by atoms with Gasteiger partial charge in [-0.15, -0.1) is 0 Å². The number of benzene rings is 2. The van der Waals surface area contributed by atoms with Gasteiger partial charge in [0.2, 0.25) is 5.91 Å². The molecule has 1 N–H and O–H groups in total. The summed E-state index contributed by atoms with van der Waals surface area (Å²) in [4.78, 5) is 14.9. The van der Waals surface area contributed by atoms with Crippen molar-refractivity contribution < 1.29 is 9.21 Å². The van der Waals surface area contributed by atoms with Crippen molar-refractivity contribution in [1.82, 2.24) is 0 Å². The normalized spacial score (nSPS) is 14.9. The molecule has 30 heavy (non-hydrogen) atoms. The van der Waals surface area contributed by atoms with Gasteiger partial charge in [-0.1, -0.05) is 30.7 Å². The molecular formula is C25H25ClN2O2. The van der Waals surface area contributed by atoms with Crippen LogP contribution >= 0.6 is 11.6 Å². The zero-order valence-corrected chi connectivity index (χ0v) is 17.7. The van der Waals surface area contributed by atoms with Crippen LogP contribution in [0.15, 0.2) is 71.2 Å². The molecule has 1 aliphatic rings. The molecule has 154 valence electrons. The lowest BCUT2D eigenvalue weighted by atomic mass is 9.98. The lowest BCUT2D eigenvalue weighted by molar-refractivity contribution is -0.111. The minimum atomic E-state index is -0.183. The highest BCUT2D eigenvalue weighted by Crippen LogP contribution is 2.30. The van der Waals surface area contributed by atoms with Gasteiger partial charge in [-0.25, -0.2) is 0 Å². The third-order valence-electron chi connectivity index (χ3n) is 5.44. The fourth-order valence-electron chi connectivity index (χ4n) is 3.65. The molecule has 4 nitrogen and oxygen atoms in total. The fraction of sp³-hybridized carbons (Fsp3) is 0.240. The van der Waals surface area contributed by atoms with Crippen LogP contribution in [-0.4, -0.2) is 19.0 Å². The summed E-state index contributed by atoms with van der Waals surface area (Å²) in [7, 11) is 0. The molecule has 1 aliphatic heterocycles. The van der Waals surface area contributed by atoms with Crippen molar-refractivity contribution in [1.29, 1.82) is 0 Å². The molecule has 2 heterocycles. The molecule has 0 atom stereocenters. The number of furan rings is 1. The van der Waals surface area contributed by atoms with E-state index < -0.39 is 0 Å². The summed E-state index contributed by atoms with van der Waals surface area (Å²) in [5.74, 6) is 1.93. The van der Waals surface area contributed by atoms with Crippen molar-refractivity contribution >= 4 is 35.0 Å². The number of nitrogens with zero attached hydrogens (tertiary/aromatic N) is 1. The predicted molar refractivity (Wildman–Crippen MR) is 124 cm³/mol. The summed E-state index contributed by atoms with van der Waals surface area (Å²) >= 11 is 5.93. The van der Waals surface area contributed by atoms with E-state index in [-0.39, 0.29) is 5.91 Å². The predicted octanol–water partition coefficient (Wildman–Crippen LogP) is 6.49. The number of nitrogens with one attached hydrogen (secondary N) is 1. The number of carbonyl (C=O) groups is 1. The highest BCUT2D eigenvalue weighted by molar-refractivity contribution is 6.30. The van der Waals surface area contributed by atoms with Gasteiger partial charge in [0, 0.05) is 29.8 Å². The Labute approximate surface area is 182 Å². The van der Waals surface area contributed by atoms with Gasteiger partial charge in [-0.2, -0.15) is 0 Å². The van der Waals surface area contributed by atoms with Crippen LogP contribution in [0.2, 0.25) is 5.02 Å². The van der Waals surface area contributed by atoms with Gasteiger partial charge in [-0.05, 0) is 73.4 Å². The maximum Gasteiger partial charge on any atom is 0.248 e. The summed E-state index contributed by atoms with van der Waals surface area (Å²) in [5.41, 5.74) is 2.85. The van der Waals surface area contributed by atoms with E-state index in [1.807, 2.05) is 54.6 Å². The number of anilines is 2. The fourth-order valence-corrected chi connectivity index (χ4v) is 3.77. The van der Waals surface area contributed by atoms with Gasteiger partial charge in [0.15, 0.2) is 0 Å². The lowest BCUT2D eigenvalue weighted by Gasteiger charge is -2.33. The number of carbonyl (C=O) groups excluding carboxylic acids is 1. The molecule has 1 saturated heterocycles. The van der Waals surface area contributed by atoms with Gasteiger partial charge in [-0.3, -0.25) is 4.79 Å². The lowest BCUT2D eigenvalue weighted by Crippen LogP contribution is -2.33. The van der Waals surface area contributed by atoms with Gasteiger partial charge >= 0.3 is 0 Å². The zero-order valence-electron chi connectivity index (χ0n) is 17.0. The second-order valence-corrected chi connectivity index (χ2v) is 8.15. The average Bonchev–Trinajstić information content (AvgIpc) is 3.23. The van der Waals surface area contributed by atoms with Crippen molar-refractivity contribution in [3.8, 4) is 11.3 Å². The Balaban J connectivity index is 1.42. The highest BCUT2D eigenvalue weighted by Gasteiger charge is 2.18. The van der Waals surface area contributed by atoms with Crippen LogP contribution in [0.4, 0.5) is 11.4 Å². The largest absolute Gasteiger partial charge is 0.457 e. The Morgan fingerprint density at radius 2 is 1.80 bits per heavy atom. The summed E-state index contributed by atoms with van der Waals surface area (Å²) < 4.78 is 5.82. The minimum absolute atomic E-state index is 0.183. The molecule has 0 saturated carbocycles. The van der Waals surface area contributed by atoms with Crippen molar-refractivity contribution in [2.24, 2.45) is 5.92 Å². The number of halogens is 1. The minimum Gasteiger partial charge on any atom is -0.457 e. The molecule has 2 aromatic carbocycles. The van der Waals surface area contributed by atoms with Crippen molar-refractivity contribution in [2.75, 3.05) is 23.3 Å². The molecule has 0 radical (unpaired) electrons. The van der Waals surface area contributed by atoms with Crippen LogP contribution in [0, 0.1) is 5.92 Å². The van der Waals surface area contributed by atoms with Crippen LogP contribution < -0.4 is 10.2 Å². The first-order chi connectivity index (χ1) is 14.6. The topological polar surface area (TPSA) is 45.5 Å². The maximum absolute atomic E-state index is 12.5. The third-order valence-corrected chi connectivity index (χ3v) is 5.69. The summed E-state index contributed by atoms with van der Waals surface area (Å²) in [5, 5.41) is 3.69. The number of amides is 1. The molecule has 1 aromatic heterocycles. The van der Waals surface area contributed by atoms with Crippen LogP contribution in [0.5, 0.6) is 0 Å². The molecule has 0 bridgehead atoms. The van der Waals surface area contributed by atoms with Crippen molar-refractivity contribution in [3.63, 3.8) is 0 Å². The average molecular weight is 421 g/mol. The van der Waals surface area contributed by atoms with E-state index >= 15 is 0 Å². The van der Waals surface area contributed by atoms with Gasteiger partial charge in [0.1, 0.15) is 11.5 Å². The second-order valence-electron chi connectivity index (χ2n) is 7.72. The smallest absolute Gasteiger partial charge is 0.248 e.